The minimum Gasteiger partial charge on any atom is -0.464 e. The highest BCUT2D eigenvalue weighted by molar-refractivity contribution is 5.90. The summed E-state index contributed by atoms with van der Waals surface area (Å²) in [5.41, 5.74) is 0.989. The van der Waals surface area contributed by atoms with Crippen molar-refractivity contribution in [3.63, 3.8) is 0 Å². The first kappa shape index (κ1) is 12.1. The molecule has 1 fully saturated rings. The fourth-order valence-electron chi connectivity index (χ4n) is 2.77. The van der Waals surface area contributed by atoms with Crippen LogP contribution in [-0.4, -0.2) is 28.0 Å². The Kier molecular flexibility index (Phi) is 2.73. The van der Waals surface area contributed by atoms with E-state index in [1.54, 1.807) is 24.6 Å². The molecule has 0 spiro atoms. The molecular weight excluding hydrogens is 268 g/mol. The summed E-state index contributed by atoms with van der Waals surface area (Å²) in [7, 11) is 0. The van der Waals surface area contributed by atoms with Crippen LogP contribution in [0.2, 0.25) is 0 Å². The smallest absolute Gasteiger partial charge is 0.262 e. The molecule has 6 heteroatoms. The fraction of sp³-hybridized carbons (Fsp3) is 0.267. The number of hydrogen-bond acceptors (Lipinski definition) is 5. The van der Waals surface area contributed by atoms with Gasteiger partial charge in [0, 0.05) is 24.8 Å². The van der Waals surface area contributed by atoms with Crippen molar-refractivity contribution in [1.82, 2.24) is 15.0 Å². The standard InChI is InChI=1S/C15H14N4O2/c20-14-12-10(11-4-3-9-21-11)5-6-16-13(12)17-15(18-14)19-7-1-2-8-19/h3-6,9H,1-2,7-8H2,(H,16,17,18,20). The maximum Gasteiger partial charge on any atom is 0.262 e. The minimum atomic E-state index is -0.179. The second-order valence-electron chi connectivity index (χ2n) is 5.12. The molecule has 0 radical (unpaired) electrons. The molecule has 0 amide bonds. The normalized spacial score (nSPS) is 15.0. The van der Waals surface area contributed by atoms with Gasteiger partial charge in [-0.05, 0) is 31.0 Å². The van der Waals surface area contributed by atoms with Crippen LogP contribution in [0.4, 0.5) is 5.95 Å². The Bertz CT molecular complexity index is 833. The first-order valence-corrected chi connectivity index (χ1v) is 7.01. The molecule has 0 saturated carbocycles. The number of aromatic nitrogens is 3. The SMILES string of the molecule is O=c1[nH]c(N2CCCC2)nc2nccc(-c3ccco3)c12. The van der Waals surface area contributed by atoms with Gasteiger partial charge < -0.3 is 9.32 Å². The Morgan fingerprint density at radius 3 is 2.86 bits per heavy atom. The summed E-state index contributed by atoms with van der Waals surface area (Å²) >= 11 is 0. The average Bonchev–Trinajstić information content (AvgIpc) is 3.20. The van der Waals surface area contributed by atoms with E-state index in [-0.39, 0.29) is 5.56 Å². The topological polar surface area (TPSA) is 75.0 Å². The zero-order chi connectivity index (χ0) is 14.2. The molecule has 0 atom stereocenters. The Morgan fingerprint density at radius 2 is 2.10 bits per heavy atom. The number of fused-ring (bicyclic) bond motifs is 1. The largest absolute Gasteiger partial charge is 0.464 e. The molecule has 0 aliphatic carbocycles. The van der Waals surface area contributed by atoms with Gasteiger partial charge in [0.25, 0.3) is 5.56 Å². The molecule has 4 rings (SSSR count). The Labute approximate surface area is 120 Å². The number of nitrogens with one attached hydrogen (secondary N) is 1. The van der Waals surface area contributed by atoms with E-state index in [9.17, 15) is 4.79 Å². The summed E-state index contributed by atoms with van der Waals surface area (Å²) < 4.78 is 5.39. The first-order chi connectivity index (χ1) is 10.3. The van der Waals surface area contributed by atoms with Gasteiger partial charge in [-0.1, -0.05) is 0 Å². The third-order valence-electron chi connectivity index (χ3n) is 3.79. The van der Waals surface area contributed by atoms with Crippen LogP contribution in [0.5, 0.6) is 0 Å². The lowest BCUT2D eigenvalue weighted by atomic mass is 10.1. The maximum absolute atomic E-state index is 12.5. The van der Waals surface area contributed by atoms with Crippen molar-refractivity contribution in [3.8, 4) is 11.3 Å². The van der Waals surface area contributed by atoms with Crippen LogP contribution in [0.25, 0.3) is 22.4 Å². The molecule has 4 heterocycles. The van der Waals surface area contributed by atoms with E-state index in [0.717, 1.165) is 25.9 Å². The van der Waals surface area contributed by atoms with Crippen molar-refractivity contribution in [3.05, 3.63) is 41.0 Å². The van der Waals surface area contributed by atoms with Crippen LogP contribution < -0.4 is 10.5 Å². The van der Waals surface area contributed by atoms with Gasteiger partial charge in [-0.25, -0.2) is 4.98 Å². The van der Waals surface area contributed by atoms with Gasteiger partial charge in [0.1, 0.15) is 5.76 Å². The van der Waals surface area contributed by atoms with Gasteiger partial charge in [-0.2, -0.15) is 4.98 Å². The van der Waals surface area contributed by atoms with Gasteiger partial charge in [-0.15, -0.1) is 0 Å². The highest BCUT2D eigenvalue weighted by atomic mass is 16.3. The number of H-pyrrole nitrogens is 1. The summed E-state index contributed by atoms with van der Waals surface area (Å²) in [4.78, 5) is 26.2. The second-order valence-corrected chi connectivity index (χ2v) is 5.12. The molecule has 1 N–H and O–H groups in total. The van der Waals surface area contributed by atoms with Crippen LogP contribution in [0.1, 0.15) is 12.8 Å². The number of hydrogen-bond donors (Lipinski definition) is 1. The Hall–Kier alpha value is -2.63. The van der Waals surface area contributed by atoms with Crippen LogP contribution in [0.15, 0.2) is 39.9 Å². The number of furan rings is 1. The maximum atomic E-state index is 12.5. The van der Waals surface area contributed by atoms with Crippen molar-refractivity contribution < 1.29 is 4.42 Å². The quantitative estimate of drug-likeness (QED) is 0.779. The molecule has 21 heavy (non-hydrogen) atoms. The molecule has 6 nitrogen and oxygen atoms in total. The van der Waals surface area contributed by atoms with E-state index in [1.807, 2.05) is 6.07 Å². The van der Waals surface area contributed by atoms with Crippen molar-refractivity contribution in [2.75, 3.05) is 18.0 Å². The average molecular weight is 282 g/mol. The first-order valence-electron chi connectivity index (χ1n) is 7.01. The van der Waals surface area contributed by atoms with Crippen LogP contribution in [-0.2, 0) is 0 Å². The lowest BCUT2D eigenvalue weighted by Crippen LogP contribution is -2.24. The zero-order valence-corrected chi connectivity index (χ0v) is 11.4. The number of anilines is 1. The molecule has 1 aliphatic rings. The van der Waals surface area contributed by atoms with Gasteiger partial charge in [0.15, 0.2) is 5.65 Å². The van der Waals surface area contributed by atoms with Crippen LogP contribution >= 0.6 is 0 Å². The van der Waals surface area contributed by atoms with Crippen LogP contribution in [0.3, 0.4) is 0 Å². The van der Waals surface area contributed by atoms with Crippen molar-refractivity contribution >= 4 is 17.0 Å². The molecular formula is C15H14N4O2. The molecule has 0 bridgehead atoms. The molecule has 0 unspecified atom stereocenters. The fourth-order valence-corrected chi connectivity index (χ4v) is 2.77. The Balaban J connectivity index is 1.93. The third kappa shape index (κ3) is 1.99. The molecule has 0 aromatic carbocycles. The lowest BCUT2D eigenvalue weighted by molar-refractivity contribution is 0.583. The van der Waals surface area contributed by atoms with Crippen molar-refractivity contribution in [2.45, 2.75) is 12.8 Å². The highest BCUT2D eigenvalue weighted by Gasteiger charge is 2.18. The Morgan fingerprint density at radius 1 is 1.24 bits per heavy atom. The van der Waals surface area contributed by atoms with E-state index in [1.165, 1.54) is 0 Å². The molecule has 3 aromatic heterocycles. The summed E-state index contributed by atoms with van der Waals surface area (Å²) in [5, 5.41) is 0.468. The molecule has 106 valence electrons. The predicted octanol–water partition coefficient (Wildman–Crippen LogP) is 2.18. The molecule has 1 aliphatic heterocycles. The number of pyridine rings is 1. The van der Waals surface area contributed by atoms with Gasteiger partial charge in [-0.3, -0.25) is 9.78 Å². The van der Waals surface area contributed by atoms with Gasteiger partial charge in [0.2, 0.25) is 5.95 Å². The summed E-state index contributed by atoms with van der Waals surface area (Å²) in [6, 6.07) is 5.39. The van der Waals surface area contributed by atoms with E-state index in [0.29, 0.717) is 28.3 Å². The van der Waals surface area contributed by atoms with Crippen molar-refractivity contribution in [1.29, 1.82) is 0 Å². The van der Waals surface area contributed by atoms with E-state index in [2.05, 4.69) is 19.9 Å². The summed E-state index contributed by atoms with van der Waals surface area (Å²) in [6.45, 7) is 1.85. The summed E-state index contributed by atoms with van der Waals surface area (Å²) in [5.74, 6) is 1.25. The predicted molar refractivity (Wildman–Crippen MR) is 79.3 cm³/mol. The van der Waals surface area contributed by atoms with Crippen LogP contribution in [0, 0.1) is 0 Å². The van der Waals surface area contributed by atoms with Gasteiger partial charge in [0.05, 0.1) is 11.6 Å². The number of rotatable bonds is 2. The van der Waals surface area contributed by atoms with E-state index in [4.69, 9.17) is 4.42 Å². The lowest BCUT2D eigenvalue weighted by Gasteiger charge is -2.15. The van der Waals surface area contributed by atoms with E-state index >= 15 is 0 Å². The van der Waals surface area contributed by atoms with E-state index < -0.39 is 0 Å². The van der Waals surface area contributed by atoms with Gasteiger partial charge >= 0.3 is 0 Å². The zero-order valence-electron chi connectivity index (χ0n) is 11.4. The summed E-state index contributed by atoms with van der Waals surface area (Å²) in [6.07, 6.45) is 5.49. The monoisotopic (exact) mass is 282 g/mol. The minimum absolute atomic E-state index is 0.179. The number of nitrogens with zero attached hydrogens (tertiary/aromatic N) is 3. The highest BCUT2D eigenvalue weighted by Crippen LogP contribution is 2.25. The molecule has 3 aromatic rings. The molecule has 1 saturated heterocycles. The van der Waals surface area contributed by atoms with Crippen molar-refractivity contribution in [2.24, 2.45) is 0 Å². The number of aromatic amines is 1. The third-order valence-corrected chi connectivity index (χ3v) is 3.79. The second kappa shape index (κ2) is 4.73.